The molecular formula is C10H14ClN3O2. The number of rotatable bonds is 2. The minimum absolute atomic E-state index is 0.0135. The lowest BCUT2D eigenvalue weighted by molar-refractivity contribution is -0.0423. The number of halogens is 1. The lowest BCUT2D eigenvalue weighted by Gasteiger charge is -2.36. The van der Waals surface area contributed by atoms with Gasteiger partial charge in [-0.15, -0.1) is 0 Å². The van der Waals surface area contributed by atoms with E-state index in [1.807, 2.05) is 11.8 Å². The first-order valence-electron chi connectivity index (χ1n) is 5.19. The summed E-state index contributed by atoms with van der Waals surface area (Å²) in [6.45, 7) is 3.34. The third kappa shape index (κ3) is 2.61. The molecule has 2 atom stereocenters. The van der Waals surface area contributed by atoms with Gasteiger partial charge in [-0.05, 0) is 24.6 Å². The second kappa shape index (κ2) is 4.95. The summed E-state index contributed by atoms with van der Waals surface area (Å²) in [4.78, 5) is 10.0. The van der Waals surface area contributed by atoms with E-state index in [0.29, 0.717) is 6.54 Å². The topological polar surface area (TPSA) is 58.5 Å². The second-order valence-corrected chi connectivity index (χ2v) is 4.18. The van der Waals surface area contributed by atoms with Gasteiger partial charge in [0.05, 0.1) is 18.8 Å². The van der Waals surface area contributed by atoms with Gasteiger partial charge in [-0.25, -0.2) is 9.97 Å². The van der Waals surface area contributed by atoms with Gasteiger partial charge in [0, 0.05) is 19.3 Å². The van der Waals surface area contributed by atoms with Crippen molar-refractivity contribution in [1.82, 2.24) is 9.97 Å². The highest BCUT2D eigenvalue weighted by Gasteiger charge is 2.25. The summed E-state index contributed by atoms with van der Waals surface area (Å²) in [6, 6.07) is 1.80. The molecule has 5 nitrogen and oxygen atoms in total. The average molecular weight is 244 g/mol. The number of nitrogens with zero attached hydrogens (tertiary/aromatic N) is 3. The molecule has 6 heteroatoms. The van der Waals surface area contributed by atoms with Gasteiger partial charge in [-0.1, -0.05) is 0 Å². The van der Waals surface area contributed by atoms with Crippen molar-refractivity contribution in [2.24, 2.45) is 0 Å². The van der Waals surface area contributed by atoms with Crippen LogP contribution in [0.4, 0.5) is 5.82 Å². The molecule has 1 aliphatic heterocycles. The first-order valence-corrected chi connectivity index (χ1v) is 5.56. The Morgan fingerprint density at radius 1 is 1.62 bits per heavy atom. The largest absolute Gasteiger partial charge is 0.394 e. The van der Waals surface area contributed by atoms with E-state index in [1.165, 1.54) is 0 Å². The smallest absolute Gasteiger partial charge is 0.224 e. The van der Waals surface area contributed by atoms with E-state index in [-0.39, 0.29) is 24.1 Å². The molecule has 0 aliphatic carbocycles. The van der Waals surface area contributed by atoms with Crippen molar-refractivity contribution in [3.8, 4) is 0 Å². The quantitative estimate of drug-likeness (QED) is 0.776. The number of anilines is 1. The molecule has 0 aromatic carbocycles. The van der Waals surface area contributed by atoms with Crippen LogP contribution in [0.3, 0.4) is 0 Å². The summed E-state index contributed by atoms with van der Waals surface area (Å²) in [7, 11) is 0. The second-order valence-electron chi connectivity index (χ2n) is 3.84. The van der Waals surface area contributed by atoms with E-state index < -0.39 is 0 Å². The molecule has 0 saturated carbocycles. The van der Waals surface area contributed by atoms with Crippen LogP contribution in [0, 0.1) is 0 Å². The SMILES string of the molecule is CC1CN(c2ccnc(Cl)n2)CC(CO)O1. The molecule has 16 heavy (non-hydrogen) atoms. The van der Waals surface area contributed by atoms with Gasteiger partial charge < -0.3 is 14.7 Å². The first kappa shape index (κ1) is 11.6. The number of aliphatic hydroxyl groups excluding tert-OH is 1. The van der Waals surface area contributed by atoms with Gasteiger partial charge >= 0.3 is 0 Å². The number of ether oxygens (including phenoxy) is 1. The molecule has 1 aliphatic rings. The zero-order valence-corrected chi connectivity index (χ0v) is 9.76. The number of hydrogen-bond acceptors (Lipinski definition) is 5. The van der Waals surface area contributed by atoms with Crippen LogP contribution in [0.2, 0.25) is 5.28 Å². The van der Waals surface area contributed by atoms with Crippen LogP contribution in [0.1, 0.15) is 6.92 Å². The Morgan fingerprint density at radius 3 is 3.12 bits per heavy atom. The van der Waals surface area contributed by atoms with Crippen molar-refractivity contribution < 1.29 is 9.84 Å². The standard InChI is InChI=1S/C10H14ClN3O2/c1-7-4-14(5-8(6-15)16-7)9-2-3-12-10(11)13-9/h2-3,7-8,15H,4-6H2,1H3. The first-order chi connectivity index (χ1) is 7.69. The van der Waals surface area contributed by atoms with E-state index in [1.54, 1.807) is 12.3 Å². The molecule has 0 amide bonds. The van der Waals surface area contributed by atoms with Gasteiger partial charge in [0.2, 0.25) is 5.28 Å². The molecule has 1 saturated heterocycles. The zero-order chi connectivity index (χ0) is 11.5. The Kier molecular flexibility index (Phi) is 3.58. The summed E-state index contributed by atoms with van der Waals surface area (Å²) in [5.74, 6) is 0.772. The minimum Gasteiger partial charge on any atom is -0.394 e. The van der Waals surface area contributed by atoms with Gasteiger partial charge in [-0.2, -0.15) is 0 Å². The van der Waals surface area contributed by atoms with Gasteiger partial charge in [0.1, 0.15) is 5.82 Å². The van der Waals surface area contributed by atoms with Crippen LogP contribution in [0.25, 0.3) is 0 Å². The number of aliphatic hydroxyl groups is 1. The minimum atomic E-state index is -0.169. The van der Waals surface area contributed by atoms with E-state index in [9.17, 15) is 0 Å². The molecule has 0 spiro atoms. The molecule has 1 N–H and O–H groups in total. The summed E-state index contributed by atoms with van der Waals surface area (Å²) < 4.78 is 5.55. The molecule has 88 valence electrons. The molecule has 1 fully saturated rings. The van der Waals surface area contributed by atoms with Crippen molar-refractivity contribution in [3.63, 3.8) is 0 Å². The maximum Gasteiger partial charge on any atom is 0.224 e. The fourth-order valence-corrected chi connectivity index (χ4v) is 1.98. The van der Waals surface area contributed by atoms with Crippen molar-refractivity contribution in [2.75, 3.05) is 24.6 Å². The van der Waals surface area contributed by atoms with Crippen LogP contribution in [0.15, 0.2) is 12.3 Å². The molecule has 0 bridgehead atoms. The molecule has 2 rings (SSSR count). The highest BCUT2D eigenvalue weighted by molar-refractivity contribution is 6.28. The van der Waals surface area contributed by atoms with Gasteiger partial charge in [0.15, 0.2) is 0 Å². The van der Waals surface area contributed by atoms with Crippen LogP contribution in [0.5, 0.6) is 0 Å². The maximum absolute atomic E-state index is 9.12. The molecule has 0 radical (unpaired) electrons. The molecule has 2 heterocycles. The third-order valence-electron chi connectivity index (χ3n) is 2.47. The van der Waals surface area contributed by atoms with Crippen LogP contribution >= 0.6 is 11.6 Å². The Hall–Kier alpha value is -0.910. The number of morpholine rings is 1. The molecule has 1 aromatic rings. The van der Waals surface area contributed by atoms with E-state index in [4.69, 9.17) is 21.4 Å². The van der Waals surface area contributed by atoms with E-state index >= 15 is 0 Å². The Labute approximate surface area is 99.0 Å². The van der Waals surface area contributed by atoms with E-state index in [0.717, 1.165) is 12.4 Å². The lowest BCUT2D eigenvalue weighted by Crippen LogP contribution is -2.48. The zero-order valence-electron chi connectivity index (χ0n) is 9.01. The molecule has 1 aromatic heterocycles. The summed E-state index contributed by atoms with van der Waals surface area (Å²) in [6.07, 6.45) is 1.52. The average Bonchev–Trinajstić information content (AvgIpc) is 2.28. The maximum atomic E-state index is 9.12. The van der Waals surface area contributed by atoms with Gasteiger partial charge in [0.25, 0.3) is 0 Å². The van der Waals surface area contributed by atoms with Crippen molar-refractivity contribution >= 4 is 17.4 Å². The lowest BCUT2D eigenvalue weighted by atomic mass is 10.2. The predicted molar refractivity (Wildman–Crippen MR) is 60.7 cm³/mol. The van der Waals surface area contributed by atoms with Crippen LogP contribution in [-0.2, 0) is 4.74 Å². The molecule has 2 unspecified atom stereocenters. The summed E-state index contributed by atoms with van der Waals surface area (Å²) in [5.41, 5.74) is 0. The van der Waals surface area contributed by atoms with Crippen molar-refractivity contribution in [2.45, 2.75) is 19.1 Å². The normalized spacial score (nSPS) is 25.8. The van der Waals surface area contributed by atoms with Crippen LogP contribution < -0.4 is 4.90 Å². The number of hydrogen-bond donors (Lipinski definition) is 1. The highest BCUT2D eigenvalue weighted by atomic mass is 35.5. The summed E-state index contributed by atoms with van der Waals surface area (Å²) in [5, 5.41) is 9.35. The Morgan fingerprint density at radius 2 is 2.44 bits per heavy atom. The number of aromatic nitrogens is 2. The summed E-state index contributed by atoms with van der Waals surface area (Å²) >= 11 is 5.74. The fraction of sp³-hybridized carbons (Fsp3) is 0.600. The van der Waals surface area contributed by atoms with Crippen molar-refractivity contribution in [3.05, 3.63) is 17.5 Å². The van der Waals surface area contributed by atoms with Gasteiger partial charge in [-0.3, -0.25) is 0 Å². The predicted octanol–water partition coefficient (Wildman–Crippen LogP) is 0.716. The van der Waals surface area contributed by atoms with Crippen molar-refractivity contribution in [1.29, 1.82) is 0 Å². The highest BCUT2D eigenvalue weighted by Crippen LogP contribution is 2.18. The van der Waals surface area contributed by atoms with Crippen LogP contribution in [-0.4, -0.2) is 47.0 Å². The van der Waals surface area contributed by atoms with E-state index in [2.05, 4.69) is 9.97 Å². The Balaban J connectivity index is 2.14. The molecular weight excluding hydrogens is 230 g/mol. The third-order valence-corrected chi connectivity index (χ3v) is 2.65. The Bertz CT molecular complexity index is 364. The fourth-order valence-electron chi connectivity index (χ4n) is 1.84. The monoisotopic (exact) mass is 243 g/mol.